The second kappa shape index (κ2) is 8.57. The fraction of sp³-hybridized carbons (Fsp3) is 0.0526. The number of rotatable bonds is 6. The van der Waals surface area contributed by atoms with Crippen LogP contribution in [-0.4, -0.2) is 26.5 Å². The minimum absolute atomic E-state index is 0.00600. The smallest absolute Gasteiger partial charge is 0.292 e. The second-order valence-electron chi connectivity index (χ2n) is 5.86. The predicted octanol–water partition coefficient (Wildman–Crippen LogP) is 2.04. The first-order valence-corrected chi connectivity index (χ1v) is 8.42. The van der Waals surface area contributed by atoms with Crippen molar-refractivity contribution in [2.75, 3.05) is 10.6 Å². The Balaban J connectivity index is 1.75. The lowest BCUT2D eigenvalue weighted by Crippen LogP contribution is -2.31. The molecule has 0 radical (unpaired) electrons. The number of carbonyl (C=O) groups is 2. The zero-order chi connectivity index (χ0) is 20.8. The Hall–Kier alpha value is -4.34. The highest BCUT2D eigenvalue weighted by Gasteiger charge is 2.16. The molecule has 0 bridgehead atoms. The fourth-order valence-corrected chi connectivity index (χ4v) is 2.46. The van der Waals surface area contributed by atoms with Crippen LogP contribution >= 0.6 is 0 Å². The Labute approximate surface area is 163 Å². The number of nitro benzene ring substituents is 1. The molecule has 2 N–H and O–H groups in total. The topological polar surface area (TPSA) is 136 Å². The van der Waals surface area contributed by atoms with Crippen LogP contribution in [0.2, 0.25) is 0 Å². The Kier molecular flexibility index (Phi) is 5.74. The van der Waals surface area contributed by atoms with E-state index in [1.807, 2.05) is 0 Å². The maximum atomic E-state index is 12.3. The number of carbonyl (C=O) groups excluding carboxylic acids is 2. The van der Waals surface area contributed by atoms with Gasteiger partial charge in [-0.3, -0.25) is 24.5 Å². The molecule has 10 heteroatoms. The van der Waals surface area contributed by atoms with Crippen LogP contribution in [0.15, 0.2) is 71.5 Å². The summed E-state index contributed by atoms with van der Waals surface area (Å²) >= 11 is 0. The van der Waals surface area contributed by atoms with E-state index in [-0.39, 0.29) is 17.1 Å². The van der Waals surface area contributed by atoms with E-state index in [1.54, 1.807) is 30.3 Å². The van der Waals surface area contributed by atoms with E-state index in [2.05, 4.69) is 15.7 Å². The quantitative estimate of drug-likeness (QED) is 0.486. The van der Waals surface area contributed by atoms with Crippen molar-refractivity contribution in [1.29, 1.82) is 0 Å². The maximum Gasteiger partial charge on any atom is 0.292 e. The zero-order valence-electron chi connectivity index (χ0n) is 14.9. The standard InChI is InChI=1S/C19H15N5O5/c25-17(21-14-8-4-5-9-16(14)24(28)29)12-23-18(26)11-10-15(22-23)19(27)20-13-6-2-1-3-7-13/h1-11H,12H2,(H,20,27)(H,21,25). The van der Waals surface area contributed by atoms with Crippen LogP contribution in [0.25, 0.3) is 0 Å². The van der Waals surface area contributed by atoms with Crippen LogP contribution in [0.5, 0.6) is 0 Å². The van der Waals surface area contributed by atoms with Gasteiger partial charge in [0.05, 0.1) is 4.92 Å². The summed E-state index contributed by atoms with van der Waals surface area (Å²) < 4.78 is 0.810. The SMILES string of the molecule is O=C(Cn1nc(C(=O)Nc2ccccc2)ccc1=O)Nc1ccccc1[N+](=O)[O-]. The molecule has 0 saturated heterocycles. The molecule has 2 amide bonds. The highest BCUT2D eigenvalue weighted by molar-refractivity contribution is 6.02. The average Bonchev–Trinajstić information content (AvgIpc) is 2.70. The molecule has 0 unspecified atom stereocenters. The first-order valence-electron chi connectivity index (χ1n) is 8.42. The molecule has 0 spiro atoms. The van der Waals surface area contributed by atoms with Crippen molar-refractivity contribution in [3.8, 4) is 0 Å². The normalized spacial score (nSPS) is 10.2. The first kappa shape index (κ1) is 19.4. The Bertz CT molecular complexity index is 1130. The van der Waals surface area contributed by atoms with Gasteiger partial charge in [-0.1, -0.05) is 30.3 Å². The number of nitro groups is 1. The molecule has 1 aromatic heterocycles. The summed E-state index contributed by atoms with van der Waals surface area (Å²) in [6, 6.07) is 16.6. The molecule has 3 rings (SSSR count). The minimum Gasteiger partial charge on any atom is -0.321 e. The van der Waals surface area contributed by atoms with Crippen molar-refractivity contribution in [1.82, 2.24) is 9.78 Å². The number of anilines is 2. The van der Waals surface area contributed by atoms with Gasteiger partial charge in [-0.2, -0.15) is 5.10 Å². The summed E-state index contributed by atoms with van der Waals surface area (Å²) in [7, 11) is 0. The van der Waals surface area contributed by atoms with Gasteiger partial charge in [-0.05, 0) is 24.3 Å². The Morgan fingerprint density at radius 3 is 2.38 bits per heavy atom. The third-order valence-electron chi connectivity index (χ3n) is 3.80. The largest absolute Gasteiger partial charge is 0.321 e. The van der Waals surface area contributed by atoms with Gasteiger partial charge in [0.2, 0.25) is 5.91 Å². The molecule has 0 aliphatic heterocycles. The molecular formula is C19H15N5O5. The summed E-state index contributed by atoms with van der Waals surface area (Å²) in [4.78, 5) is 46.9. The van der Waals surface area contributed by atoms with Crippen LogP contribution in [0.3, 0.4) is 0 Å². The second-order valence-corrected chi connectivity index (χ2v) is 5.86. The number of para-hydroxylation sites is 3. The van der Waals surface area contributed by atoms with Gasteiger partial charge < -0.3 is 10.6 Å². The number of nitrogens with zero attached hydrogens (tertiary/aromatic N) is 3. The number of benzene rings is 2. The van der Waals surface area contributed by atoms with Gasteiger partial charge in [0, 0.05) is 17.8 Å². The lowest BCUT2D eigenvalue weighted by molar-refractivity contribution is -0.383. The van der Waals surface area contributed by atoms with E-state index < -0.39 is 28.8 Å². The lowest BCUT2D eigenvalue weighted by atomic mass is 10.2. The first-order chi connectivity index (χ1) is 13.9. The van der Waals surface area contributed by atoms with Crippen molar-refractivity contribution in [3.63, 3.8) is 0 Å². The van der Waals surface area contributed by atoms with E-state index in [4.69, 9.17) is 0 Å². The molecule has 146 valence electrons. The Morgan fingerprint density at radius 2 is 1.66 bits per heavy atom. The van der Waals surface area contributed by atoms with Gasteiger partial charge in [-0.15, -0.1) is 0 Å². The molecule has 1 heterocycles. The van der Waals surface area contributed by atoms with E-state index in [0.29, 0.717) is 5.69 Å². The zero-order valence-corrected chi connectivity index (χ0v) is 14.9. The summed E-state index contributed by atoms with van der Waals surface area (Å²) in [6.07, 6.45) is 0. The van der Waals surface area contributed by atoms with Crippen LogP contribution in [-0.2, 0) is 11.3 Å². The van der Waals surface area contributed by atoms with Crippen LogP contribution in [0.4, 0.5) is 17.1 Å². The molecule has 29 heavy (non-hydrogen) atoms. The minimum atomic E-state index is -0.700. The van der Waals surface area contributed by atoms with Crippen molar-refractivity contribution in [3.05, 3.63) is 92.9 Å². The molecule has 0 saturated carbocycles. The molecule has 0 aliphatic carbocycles. The third-order valence-corrected chi connectivity index (χ3v) is 3.80. The Morgan fingerprint density at radius 1 is 0.966 bits per heavy atom. The average molecular weight is 393 g/mol. The molecule has 0 fully saturated rings. The lowest BCUT2D eigenvalue weighted by Gasteiger charge is -2.09. The predicted molar refractivity (Wildman–Crippen MR) is 105 cm³/mol. The molecule has 2 aromatic carbocycles. The monoisotopic (exact) mass is 393 g/mol. The number of nitrogens with one attached hydrogen (secondary N) is 2. The fourth-order valence-electron chi connectivity index (χ4n) is 2.46. The van der Waals surface area contributed by atoms with Gasteiger partial charge in [0.1, 0.15) is 17.9 Å². The molecule has 0 atom stereocenters. The van der Waals surface area contributed by atoms with Gasteiger partial charge >= 0.3 is 0 Å². The van der Waals surface area contributed by atoms with Gasteiger partial charge in [0.25, 0.3) is 17.2 Å². The van der Waals surface area contributed by atoms with Crippen LogP contribution in [0.1, 0.15) is 10.5 Å². The number of hydrogen-bond donors (Lipinski definition) is 2. The van der Waals surface area contributed by atoms with Crippen molar-refractivity contribution in [2.24, 2.45) is 0 Å². The van der Waals surface area contributed by atoms with Gasteiger partial charge in [-0.25, -0.2) is 4.68 Å². The van der Waals surface area contributed by atoms with Crippen LogP contribution in [0, 0.1) is 10.1 Å². The summed E-state index contributed by atoms with van der Waals surface area (Å²) in [6.45, 7) is -0.517. The molecule has 10 nitrogen and oxygen atoms in total. The summed E-state index contributed by atoms with van der Waals surface area (Å²) in [5, 5.41) is 19.9. The van der Waals surface area contributed by atoms with E-state index >= 15 is 0 Å². The number of aromatic nitrogens is 2. The van der Waals surface area contributed by atoms with Crippen LogP contribution < -0.4 is 16.2 Å². The number of amides is 2. The van der Waals surface area contributed by atoms with Crippen molar-refractivity contribution >= 4 is 28.9 Å². The molecular weight excluding hydrogens is 378 g/mol. The third kappa shape index (κ3) is 4.89. The van der Waals surface area contributed by atoms with Gasteiger partial charge in [0.15, 0.2) is 0 Å². The summed E-state index contributed by atoms with van der Waals surface area (Å²) in [5.74, 6) is -1.25. The van der Waals surface area contributed by atoms with Crippen molar-refractivity contribution < 1.29 is 14.5 Å². The van der Waals surface area contributed by atoms with E-state index in [0.717, 1.165) is 10.7 Å². The summed E-state index contributed by atoms with van der Waals surface area (Å²) in [5.41, 5.74) is -0.400. The highest BCUT2D eigenvalue weighted by Crippen LogP contribution is 2.22. The van der Waals surface area contributed by atoms with E-state index in [9.17, 15) is 24.5 Å². The van der Waals surface area contributed by atoms with Crippen molar-refractivity contribution in [2.45, 2.75) is 6.54 Å². The maximum absolute atomic E-state index is 12.3. The molecule has 0 aliphatic rings. The molecule has 3 aromatic rings. The number of hydrogen-bond acceptors (Lipinski definition) is 6. The van der Waals surface area contributed by atoms with E-state index in [1.165, 1.54) is 30.3 Å². The highest BCUT2D eigenvalue weighted by atomic mass is 16.6.